The molecule has 0 aromatic heterocycles. The Hall–Kier alpha value is -1.59. The van der Waals surface area contributed by atoms with Gasteiger partial charge in [-0.1, -0.05) is 182 Å². The first-order valence-corrected chi connectivity index (χ1v) is 20.4. The molecule has 0 aromatic carbocycles. The third-order valence-electron chi connectivity index (χ3n) is 9.04. The molecule has 6 heteroatoms. The van der Waals surface area contributed by atoms with Gasteiger partial charge in [-0.3, -0.25) is 14.4 Å². The fraction of sp³-hybridized carbons (Fsp3) is 0.927. The van der Waals surface area contributed by atoms with Crippen molar-refractivity contribution in [2.75, 3.05) is 13.2 Å². The van der Waals surface area contributed by atoms with Crippen molar-refractivity contribution in [3.05, 3.63) is 0 Å². The third-order valence-corrected chi connectivity index (χ3v) is 9.04. The minimum absolute atomic E-state index is 0.0661. The highest BCUT2D eigenvalue weighted by Crippen LogP contribution is 2.15. The van der Waals surface area contributed by atoms with E-state index in [0.29, 0.717) is 19.3 Å². The van der Waals surface area contributed by atoms with Crippen molar-refractivity contribution in [3.63, 3.8) is 0 Å². The van der Waals surface area contributed by atoms with Gasteiger partial charge in [0.15, 0.2) is 6.10 Å². The first-order chi connectivity index (χ1) is 22.9. The molecule has 0 amide bonds. The minimum Gasteiger partial charge on any atom is -0.462 e. The molecule has 0 aromatic rings. The molecule has 0 aliphatic heterocycles. The zero-order valence-corrected chi connectivity index (χ0v) is 31.7. The van der Waals surface area contributed by atoms with Gasteiger partial charge >= 0.3 is 17.9 Å². The predicted molar refractivity (Wildman–Crippen MR) is 196 cm³/mol. The monoisotopic (exact) mass is 667 g/mol. The van der Waals surface area contributed by atoms with Crippen molar-refractivity contribution in [1.29, 1.82) is 0 Å². The zero-order valence-electron chi connectivity index (χ0n) is 31.7. The lowest BCUT2D eigenvalue weighted by Gasteiger charge is -2.18. The van der Waals surface area contributed by atoms with E-state index in [1.807, 2.05) is 0 Å². The largest absolute Gasteiger partial charge is 0.462 e. The SMILES string of the molecule is CCCCCCCCCCCCCCC(=O)OC[C@@H](COC(=O)CCCCCCCCCCCC(C)C)OC(=O)CCCCCCC. The van der Waals surface area contributed by atoms with Crippen molar-refractivity contribution >= 4 is 17.9 Å². The normalized spacial score (nSPS) is 11.9. The van der Waals surface area contributed by atoms with E-state index in [4.69, 9.17) is 14.2 Å². The molecule has 0 aliphatic carbocycles. The number of carbonyl (C=O) groups is 3. The summed E-state index contributed by atoms with van der Waals surface area (Å²) < 4.78 is 16.5. The van der Waals surface area contributed by atoms with E-state index in [0.717, 1.165) is 70.1 Å². The Balaban J connectivity index is 4.20. The van der Waals surface area contributed by atoms with Crippen LogP contribution >= 0.6 is 0 Å². The summed E-state index contributed by atoms with van der Waals surface area (Å²) in [5, 5.41) is 0. The van der Waals surface area contributed by atoms with Crippen molar-refractivity contribution in [1.82, 2.24) is 0 Å². The molecule has 0 heterocycles. The number of hydrogen-bond donors (Lipinski definition) is 0. The molecule has 0 N–H and O–H groups in total. The van der Waals surface area contributed by atoms with E-state index in [-0.39, 0.29) is 31.1 Å². The Morgan fingerprint density at radius 3 is 1.04 bits per heavy atom. The molecule has 0 saturated carbocycles. The number of esters is 3. The maximum atomic E-state index is 12.5. The Bertz CT molecular complexity index is 706. The minimum atomic E-state index is -0.756. The third kappa shape index (κ3) is 35.5. The Kier molecular flexibility index (Phi) is 34.5. The van der Waals surface area contributed by atoms with Crippen LogP contribution < -0.4 is 0 Å². The van der Waals surface area contributed by atoms with Gasteiger partial charge in [0.25, 0.3) is 0 Å². The molecule has 0 aliphatic rings. The van der Waals surface area contributed by atoms with Gasteiger partial charge in [0, 0.05) is 19.3 Å². The van der Waals surface area contributed by atoms with Gasteiger partial charge in [-0.25, -0.2) is 0 Å². The van der Waals surface area contributed by atoms with Gasteiger partial charge in [0.2, 0.25) is 0 Å². The van der Waals surface area contributed by atoms with Gasteiger partial charge in [-0.2, -0.15) is 0 Å². The zero-order chi connectivity index (χ0) is 34.6. The van der Waals surface area contributed by atoms with Crippen LogP contribution in [0.5, 0.6) is 0 Å². The highest BCUT2D eigenvalue weighted by atomic mass is 16.6. The lowest BCUT2D eigenvalue weighted by atomic mass is 10.0. The van der Waals surface area contributed by atoms with E-state index < -0.39 is 6.10 Å². The van der Waals surface area contributed by atoms with E-state index in [1.165, 1.54) is 109 Å². The summed E-state index contributed by atoms with van der Waals surface area (Å²) in [5.74, 6) is -0.0679. The van der Waals surface area contributed by atoms with Crippen LogP contribution in [0.2, 0.25) is 0 Å². The number of carbonyl (C=O) groups excluding carboxylic acids is 3. The smallest absolute Gasteiger partial charge is 0.306 e. The molecular formula is C41H78O6. The summed E-state index contributed by atoms with van der Waals surface area (Å²) in [6.45, 7) is 8.87. The number of ether oxygens (including phenoxy) is 3. The second-order valence-corrected chi connectivity index (χ2v) is 14.4. The van der Waals surface area contributed by atoms with E-state index in [9.17, 15) is 14.4 Å². The van der Waals surface area contributed by atoms with Crippen LogP contribution in [0.25, 0.3) is 0 Å². The van der Waals surface area contributed by atoms with Gasteiger partial charge in [0.05, 0.1) is 0 Å². The molecule has 278 valence electrons. The van der Waals surface area contributed by atoms with Crippen LogP contribution in [0, 0.1) is 5.92 Å². The fourth-order valence-corrected chi connectivity index (χ4v) is 5.92. The molecule has 47 heavy (non-hydrogen) atoms. The number of unbranched alkanes of at least 4 members (excludes halogenated alkanes) is 23. The number of rotatable bonds is 36. The van der Waals surface area contributed by atoms with E-state index in [1.54, 1.807) is 0 Å². The molecule has 0 fully saturated rings. The molecule has 0 rings (SSSR count). The summed E-state index contributed by atoms with van der Waals surface area (Å²) >= 11 is 0. The maximum absolute atomic E-state index is 12.5. The average Bonchev–Trinajstić information content (AvgIpc) is 3.05. The molecule has 0 bridgehead atoms. The summed E-state index contributed by atoms with van der Waals surface area (Å²) in [5.41, 5.74) is 0. The lowest BCUT2D eigenvalue weighted by molar-refractivity contribution is -0.167. The molecule has 1 atom stereocenters. The summed E-state index contributed by atoms with van der Waals surface area (Å²) in [4.78, 5) is 37.3. The van der Waals surface area contributed by atoms with E-state index in [2.05, 4.69) is 27.7 Å². The van der Waals surface area contributed by atoms with Gasteiger partial charge in [0.1, 0.15) is 13.2 Å². The van der Waals surface area contributed by atoms with Crippen LogP contribution in [0.4, 0.5) is 0 Å². The summed E-state index contributed by atoms with van der Waals surface area (Å²) in [6, 6.07) is 0. The maximum Gasteiger partial charge on any atom is 0.306 e. The topological polar surface area (TPSA) is 78.9 Å². The molecule has 0 spiro atoms. The molecule has 0 radical (unpaired) electrons. The van der Waals surface area contributed by atoms with Crippen LogP contribution in [0.15, 0.2) is 0 Å². The second-order valence-electron chi connectivity index (χ2n) is 14.4. The predicted octanol–water partition coefficient (Wildman–Crippen LogP) is 12.4. The van der Waals surface area contributed by atoms with Gasteiger partial charge in [-0.05, 0) is 25.2 Å². The van der Waals surface area contributed by atoms with Gasteiger partial charge < -0.3 is 14.2 Å². The standard InChI is InChI=1S/C41H78O6/c1-5-7-9-11-12-13-14-15-18-21-25-28-32-39(42)45-35-38(47-41(44)34-30-23-10-8-6-2)36-46-40(43)33-29-26-22-19-16-17-20-24-27-31-37(3)4/h37-38H,5-36H2,1-4H3/t38-/m0/s1. The van der Waals surface area contributed by atoms with Gasteiger partial charge in [-0.15, -0.1) is 0 Å². The number of hydrogen-bond acceptors (Lipinski definition) is 6. The van der Waals surface area contributed by atoms with Crippen LogP contribution in [-0.2, 0) is 28.6 Å². The Labute approximate surface area is 291 Å². The first-order valence-electron chi connectivity index (χ1n) is 20.4. The van der Waals surface area contributed by atoms with Crippen molar-refractivity contribution in [3.8, 4) is 0 Å². The van der Waals surface area contributed by atoms with Crippen molar-refractivity contribution in [2.24, 2.45) is 5.92 Å². The highest BCUT2D eigenvalue weighted by Gasteiger charge is 2.19. The van der Waals surface area contributed by atoms with E-state index >= 15 is 0 Å². The fourth-order valence-electron chi connectivity index (χ4n) is 5.92. The molecule has 0 saturated heterocycles. The van der Waals surface area contributed by atoms with Crippen LogP contribution in [0.3, 0.4) is 0 Å². The Morgan fingerprint density at radius 2 is 0.702 bits per heavy atom. The van der Waals surface area contributed by atoms with Crippen LogP contribution in [0.1, 0.15) is 220 Å². The van der Waals surface area contributed by atoms with Crippen molar-refractivity contribution in [2.45, 2.75) is 226 Å². The Morgan fingerprint density at radius 1 is 0.404 bits per heavy atom. The van der Waals surface area contributed by atoms with Crippen LogP contribution in [-0.4, -0.2) is 37.2 Å². The average molecular weight is 667 g/mol. The second kappa shape index (κ2) is 35.7. The first kappa shape index (κ1) is 45.4. The summed E-state index contributed by atoms with van der Waals surface area (Å²) in [6.07, 6.45) is 32.6. The van der Waals surface area contributed by atoms with Crippen molar-refractivity contribution < 1.29 is 28.6 Å². The molecular weight excluding hydrogens is 588 g/mol. The quantitative estimate of drug-likeness (QED) is 0.0376. The lowest BCUT2D eigenvalue weighted by Crippen LogP contribution is -2.30. The highest BCUT2D eigenvalue weighted by molar-refractivity contribution is 5.71. The molecule has 0 unspecified atom stereocenters. The summed E-state index contributed by atoms with van der Waals surface area (Å²) in [7, 11) is 0. The molecule has 6 nitrogen and oxygen atoms in total.